The molecule has 0 saturated heterocycles. The molecular weight excluding hydrogens is 260 g/mol. The van der Waals surface area contributed by atoms with E-state index in [0.29, 0.717) is 6.54 Å². The summed E-state index contributed by atoms with van der Waals surface area (Å²) in [5.74, 6) is -0.00624. The summed E-state index contributed by atoms with van der Waals surface area (Å²) >= 11 is 0. The third-order valence-corrected chi connectivity index (χ3v) is 3.61. The van der Waals surface area contributed by atoms with Gasteiger partial charge < -0.3 is 10.3 Å². The zero-order chi connectivity index (χ0) is 14.5. The Morgan fingerprint density at radius 1 is 1.00 bits per heavy atom. The molecule has 0 atom stereocenters. The molecule has 0 aliphatic carbocycles. The Morgan fingerprint density at radius 3 is 2.71 bits per heavy atom. The number of fused-ring (bicyclic) bond motifs is 1. The van der Waals surface area contributed by atoms with Gasteiger partial charge in [0.05, 0.1) is 0 Å². The number of aryl methyl sites for hydroxylation is 1. The lowest BCUT2D eigenvalue weighted by molar-refractivity contribution is 0.0955. The van der Waals surface area contributed by atoms with E-state index < -0.39 is 0 Å². The van der Waals surface area contributed by atoms with Crippen LogP contribution in [-0.4, -0.2) is 17.4 Å². The van der Waals surface area contributed by atoms with Crippen LogP contribution in [-0.2, 0) is 6.42 Å². The number of rotatable bonds is 5. The zero-order valence-corrected chi connectivity index (χ0v) is 11.8. The van der Waals surface area contributed by atoms with Crippen LogP contribution < -0.4 is 5.32 Å². The molecule has 3 aromatic rings. The van der Waals surface area contributed by atoms with E-state index in [2.05, 4.69) is 22.4 Å². The number of aromatic nitrogens is 1. The zero-order valence-electron chi connectivity index (χ0n) is 11.8. The van der Waals surface area contributed by atoms with Crippen LogP contribution in [0.3, 0.4) is 0 Å². The monoisotopic (exact) mass is 278 g/mol. The molecule has 0 radical (unpaired) electrons. The van der Waals surface area contributed by atoms with Gasteiger partial charge in [0.25, 0.3) is 5.91 Å². The summed E-state index contributed by atoms with van der Waals surface area (Å²) < 4.78 is 0. The Bertz CT molecular complexity index is 731. The van der Waals surface area contributed by atoms with Crippen molar-refractivity contribution in [3.8, 4) is 0 Å². The minimum Gasteiger partial charge on any atom is -0.361 e. The number of carbonyl (C=O) groups is 1. The minimum absolute atomic E-state index is 0.00624. The van der Waals surface area contributed by atoms with Gasteiger partial charge in [0, 0.05) is 29.2 Å². The largest absolute Gasteiger partial charge is 0.361 e. The number of aromatic amines is 1. The molecule has 2 aromatic carbocycles. The number of benzene rings is 2. The molecule has 21 heavy (non-hydrogen) atoms. The Balaban J connectivity index is 1.56. The van der Waals surface area contributed by atoms with E-state index in [1.54, 1.807) is 0 Å². The number of hydrogen-bond acceptors (Lipinski definition) is 1. The average Bonchev–Trinajstić information content (AvgIpc) is 3.01. The first-order valence-electron chi connectivity index (χ1n) is 7.23. The second kappa shape index (κ2) is 6.27. The molecule has 106 valence electrons. The fourth-order valence-electron chi connectivity index (χ4n) is 2.52. The highest BCUT2D eigenvalue weighted by Gasteiger charge is 2.09. The lowest BCUT2D eigenvalue weighted by Gasteiger charge is -2.06. The van der Waals surface area contributed by atoms with Crippen molar-refractivity contribution in [2.75, 3.05) is 6.54 Å². The summed E-state index contributed by atoms with van der Waals surface area (Å²) in [6.45, 7) is 0.689. The maximum atomic E-state index is 12.2. The standard InChI is InChI=1S/C18H18N2O/c21-18(16-9-4-10-17-15(16)11-13-19-17)20-12-5-8-14-6-2-1-3-7-14/h1-4,6-7,9-11,13,19H,5,8,12H2,(H,20,21). The van der Waals surface area contributed by atoms with Crippen molar-refractivity contribution >= 4 is 16.8 Å². The molecule has 0 aliphatic rings. The molecule has 0 aliphatic heterocycles. The van der Waals surface area contributed by atoms with Crippen molar-refractivity contribution in [1.29, 1.82) is 0 Å². The van der Waals surface area contributed by atoms with Gasteiger partial charge in [0.1, 0.15) is 0 Å². The normalized spacial score (nSPS) is 10.7. The quantitative estimate of drug-likeness (QED) is 0.689. The Labute approximate surface area is 124 Å². The second-order valence-electron chi connectivity index (χ2n) is 5.09. The van der Waals surface area contributed by atoms with Gasteiger partial charge in [-0.1, -0.05) is 36.4 Å². The number of hydrogen-bond donors (Lipinski definition) is 2. The van der Waals surface area contributed by atoms with Crippen molar-refractivity contribution in [2.24, 2.45) is 0 Å². The van der Waals surface area contributed by atoms with Gasteiger partial charge in [-0.05, 0) is 36.6 Å². The van der Waals surface area contributed by atoms with Crippen molar-refractivity contribution in [2.45, 2.75) is 12.8 Å². The highest BCUT2D eigenvalue weighted by molar-refractivity contribution is 6.06. The summed E-state index contributed by atoms with van der Waals surface area (Å²) in [6.07, 6.45) is 3.78. The number of carbonyl (C=O) groups excluding carboxylic acids is 1. The number of H-pyrrole nitrogens is 1. The first-order valence-corrected chi connectivity index (χ1v) is 7.23. The maximum absolute atomic E-state index is 12.2. The molecule has 0 fully saturated rings. The van der Waals surface area contributed by atoms with Gasteiger partial charge >= 0.3 is 0 Å². The fourth-order valence-corrected chi connectivity index (χ4v) is 2.52. The van der Waals surface area contributed by atoms with Crippen molar-refractivity contribution < 1.29 is 4.79 Å². The first kappa shape index (κ1) is 13.4. The topological polar surface area (TPSA) is 44.9 Å². The smallest absolute Gasteiger partial charge is 0.251 e. The molecule has 0 bridgehead atoms. The van der Waals surface area contributed by atoms with Crippen LogP contribution in [0.4, 0.5) is 0 Å². The van der Waals surface area contributed by atoms with E-state index >= 15 is 0 Å². The van der Waals surface area contributed by atoms with E-state index in [9.17, 15) is 4.79 Å². The predicted octanol–water partition coefficient (Wildman–Crippen LogP) is 3.53. The van der Waals surface area contributed by atoms with Gasteiger partial charge in [-0.15, -0.1) is 0 Å². The Morgan fingerprint density at radius 2 is 1.86 bits per heavy atom. The van der Waals surface area contributed by atoms with E-state index in [1.807, 2.05) is 48.7 Å². The summed E-state index contributed by atoms with van der Waals surface area (Å²) in [7, 11) is 0. The molecule has 0 unspecified atom stereocenters. The molecule has 1 amide bonds. The van der Waals surface area contributed by atoms with Crippen LogP contribution in [0.1, 0.15) is 22.3 Å². The van der Waals surface area contributed by atoms with Gasteiger partial charge in [-0.2, -0.15) is 0 Å². The Kier molecular flexibility index (Phi) is 4.01. The molecular formula is C18H18N2O. The summed E-state index contributed by atoms with van der Waals surface area (Å²) in [4.78, 5) is 15.4. The van der Waals surface area contributed by atoms with E-state index in [-0.39, 0.29) is 5.91 Å². The van der Waals surface area contributed by atoms with Crippen LogP contribution in [0.15, 0.2) is 60.8 Å². The third kappa shape index (κ3) is 3.14. The van der Waals surface area contributed by atoms with Gasteiger partial charge in [0.15, 0.2) is 0 Å². The molecule has 0 saturated carbocycles. The van der Waals surface area contributed by atoms with Gasteiger partial charge in [-0.3, -0.25) is 4.79 Å². The van der Waals surface area contributed by atoms with Crippen LogP contribution in [0, 0.1) is 0 Å². The number of amides is 1. The lowest BCUT2D eigenvalue weighted by atomic mass is 10.1. The first-order chi connectivity index (χ1) is 10.3. The molecule has 0 spiro atoms. The highest BCUT2D eigenvalue weighted by Crippen LogP contribution is 2.17. The van der Waals surface area contributed by atoms with Gasteiger partial charge in [0.2, 0.25) is 0 Å². The van der Waals surface area contributed by atoms with Crippen molar-refractivity contribution in [3.05, 3.63) is 71.9 Å². The van der Waals surface area contributed by atoms with Crippen LogP contribution in [0.25, 0.3) is 10.9 Å². The lowest BCUT2D eigenvalue weighted by Crippen LogP contribution is -2.24. The van der Waals surface area contributed by atoms with Crippen LogP contribution in [0.5, 0.6) is 0 Å². The third-order valence-electron chi connectivity index (χ3n) is 3.61. The van der Waals surface area contributed by atoms with E-state index in [4.69, 9.17) is 0 Å². The SMILES string of the molecule is O=C(NCCCc1ccccc1)c1cccc2[nH]ccc12. The van der Waals surface area contributed by atoms with Gasteiger partial charge in [-0.25, -0.2) is 0 Å². The average molecular weight is 278 g/mol. The van der Waals surface area contributed by atoms with Crippen LogP contribution in [0.2, 0.25) is 0 Å². The Hall–Kier alpha value is -2.55. The molecule has 1 aromatic heterocycles. The predicted molar refractivity (Wildman–Crippen MR) is 85.4 cm³/mol. The molecule has 2 N–H and O–H groups in total. The van der Waals surface area contributed by atoms with E-state index in [0.717, 1.165) is 29.3 Å². The second-order valence-corrected chi connectivity index (χ2v) is 5.09. The molecule has 3 heteroatoms. The highest BCUT2D eigenvalue weighted by atomic mass is 16.1. The fraction of sp³-hybridized carbons (Fsp3) is 0.167. The van der Waals surface area contributed by atoms with Crippen molar-refractivity contribution in [3.63, 3.8) is 0 Å². The molecule has 1 heterocycles. The number of nitrogens with one attached hydrogen (secondary N) is 2. The summed E-state index contributed by atoms with van der Waals surface area (Å²) in [5.41, 5.74) is 3.03. The molecule has 3 nitrogen and oxygen atoms in total. The van der Waals surface area contributed by atoms with Crippen molar-refractivity contribution in [1.82, 2.24) is 10.3 Å². The summed E-state index contributed by atoms with van der Waals surface area (Å²) in [5, 5.41) is 3.97. The van der Waals surface area contributed by atoms with Crippen LogP contribution >= 0.6 is 0 Å². The van der Waals surface area contributed by atoms with E-state index in [1.165, 1.54) is 5.56 Å². The summed E-state index contributed by atoms with van der Waals surface area (Å²) in [6, 6.07) is 18.0. The maximum Gasteiger partial charge on any atom is 0.251 e. The molecule has 3 rings (SSSR count). The minimum atomic E-state index is -0.00624.